The second kappa shape index (κ2) is 5.68. The SMILES string of the molecule is CCc1cccc(CC)c1-c1c(O)c2ccccc2oc1=O. The molecule has 112 valence electrons. The normalized spacial score (nSPS) is 11.0. The number of hydrogen-bond donors (Lipinski definition) is 1. The van der Waals surface area contributed by atoms with Crippen LogP contribution in [0.3, 0.4) is 0 Å². The average Bonchev–Trinajstić information content (AvgIpc) is 2.55. The first-order valence-electron chi connectivity index (χ1n) is 7.53. The number of rotatable bonds is 3. The van der Waals surface area contributed by atoms with Gasteiger partial charge in [-0.1, -0.05) is 44.2 Å². The van der Waals surface area contributed by atoms with Gasteiger partial charge in [0, 0.05) is 0 Å². The third kappa shape index (κ3) is 2.19. The fraction of sp³-hybridized carbons (Fsp3) is 0.211. The Morgan fingerprint density at radius 2 is 1.55 bits per heavy atom. The van der Waals surface area contributed by atoms with Gasteiger partial charge in [-0.25, -0.2) is 4.79 Å². The van der Waals surface area contributed by atoms with Crippen LogP contribution < -0.4 is 5.63 Å². The van der Waals surface area contributed by atoms with Gasteiger partial charge in [0.1, 0.15) is 16.9 Å². The van der Waals surface area contributed by atoms with Crippen LogP contribution in [-0.4, -0.2) is 5.11 Å². The first-order valence-corrected chi connectivity index (χ1v) is 7.53. The van der Waals surface area contributed by atoms with Crippen LogP contribution in [0.15, 0.2) is 51.7 Å². The summed E-state index contributed by atoms with van der Waals surface area (Å²) in [5.74, 6) is 0.00227. The molecule has 0 aliphatic heterocycles. The molecule has 0 saturated heterocycles. The second-order valence-electron chi connectivity index (χ2n) is 5.27. The van der Waals surface area contributed by atoms with Gasteiger partial charge in [-0.2, -0.15) is 0 Å². The summed E-state index contributed by atoms with van der Waals surface area (Å²) in [5, 5.41) is 11.2. The Morgan fingerprint density at radius 1 is 0.909 bits per heavy atom. The Kier molecular flexibility index (Phi) is 3.72. The van der Waals surface area contributed by atoms with Gasteiger partial charge in [-0.3, -0.25) is 0 Å². The van der Waals surface area contributed by atoms with Gasteiger partial charge in [-0.15, -0.1) is 0 Å². The van der Waals surface area contributed by atoms with Crippen LogP contribution in [0, 0.1) is 0 Å². The van der Waals surface area contributed by atoms with Crippen LogP contribution >= 0.6 is 0 Å². The molecule has 2 aromatic carbocycles. The van der Waals surface area contributed by atoms with E-state index in [4.69, 9.17) is 4.42 Å². The lowest BCUT2D eigenvalue weighted by molar-refractivity contribution is 0.471. The molecule has 0 saturated carbocycles. The molecule has 22 heavy (non-hydrogen) atoms. The third-order valence-electron chi connectivity index (χ3n) is 4.03. The van der Waals surface area contributed by atoms with Gasteiger partial charge >= 0.3 is 5.63 Å². The van der Waals surface area contributed by atoms with E-state index in [-0.39, 0.29) is 11.3 Å². The predicted molar refractivity (Wildman–Crippen MR) is 88.3 cm³/mol. The van der Waals surface area contributed by atoms with Gasteiger partial charge in [-0.05, 0) is 41.7 Å². The molecule has 1 N–H and O–H groups in total. The van der Waals surface area contributed by atoms with Crippen molar-refractivity contribution in [3.8, 4) is 16.9 Å². The molecule has 0 bridgehead atoms. The largest absolute Gasteiger partial charge is 0.506 e. The number of aryl methyl sites for hydroxylation is 2. The molecule has 3 heteroatoms. The molecule has 1 heterocycles. The predicted octanol–water partition coefficient (Wildman–Crippen LogP) is 4.29. The highest BCUT2D eigenvalue weighted by Gasteiger charge is 2.20. The van der Waals surface area contributed by atoms with Crippen LogP contribution in [0.1, 0.15) is 25.0 Å². The molecule has 1 aromatic heterocycles. The molecule has 0 radical (unpaired) electrons. The van der Waals surface area contributed by atoms with E-state index in [1.807, 2.05) is 38.1 Å². The summed E-state index contributed by atoms with van der Waals surface area (Å²) in [6, 6.07) is 13.0. The Labute approximate surface area is 128 Å². The molecule has 0 aliphatic carbocycles. The zero-order valence-electron chi connectivity index (χ0n) is 12.7. The second-order valence-corrected chi connectivity index (χ2v) is 5.27. The van der Waals surface area contributed by atoms with Crippen molar-refractivity contribution in [1.29, 1.82) is 0 Å². The van der Waals surface area contributed by atoms with Crippen molar-refractivity contribution in [3.05, 3.63) is 64.0 Å². The van der Waals surface area contributed by atoms with Gasteiger partial charge in [0.2, 0.25) is 0 Å². The van der Waals surface area contributed by atoms with E-state index in [2.05, 4.69) is 0 Å². The summed E-state index contributed by atoms with van der Waals surface area (Å²) >= 11 is 0. The molecule has 3 rings (SSSR count). The lowest BCUT2D eigenvalue weighted by Gasteiger charge is -2.14. The highest BCUT2D eigenvalue weighted by molar-refractivity contribution is 5.91. The van der Waals surface area contributed by atoms with Gasteiger partial charge < -0.3 is 9.52 Å². The minimum Gasteiger partial charge on any atom is -0.506 e. The molecule has 0 unspecified atom stereocenters. The Balaban J connectivity index is 2.43. The molecule has 0 atom stereocenters. The van der Waals surface area contributed by atoms with E-state index >= 15 is 0 Å². The molecular weight excluding hydrogens is 276 g/mol. The van der Waals surface area contributed by atoms with Gasteiger partial charge in [0.25, 0.3) is 0 Å². The molecule has 0 fully saturated rings. The molecule has 0 spiro atoms. The zero-order chi connectivity index (χ0) is 15.7. The molecule has 3 aromatic rings. The Hall–Kier alpha value is -2.55. The molecule has 0 aliphatic rings. The van der Waals surface area contributed by atoms with Crippen molar-refractivity contribution in [2.24, 2.45) is 0 Å². The fourth-order valence-corrected chi connectivity index (χ4v) is 2.92. The van der Waals surface area contributed by atoms with E-state index in [0.29, 0.717) is 11.0 Å². The molecular formula is C19H18O3. The maximum Gasteiger partial charge on any atom is 0.348 e. The van der Waals surface area contributed by atoms with Crippen molar-refractivity contribution < 1.29 is 9.52 Å². The topological polar surface area (TPSA) is 50.4 Å². The maximum absolute atomic E-state index is 12.5. The fourth-order valence-electron chi connectivity index (χ4n) is 2.92. The molecule has 3 nitrogen and oxygen atoms in total. The highest BCUT2D eigenvalue weighted by Crippen LogP contribution is 2.36. The summed E-state index contributed by atoms with van der Waals surface area (Å²) in [7, 11) is 0. The van der Waals surface area contributed by atoms with E-state index in [1.54, 1.807) is 18.2 Å². The number of benzene rings is 2. The van der Waals surface area contributed by atoms with Crippen molar-refractivity contribution >= 4 is 11.0 Å². The standard InChI is InChI=1S/C19H18O3/c1-3-12-8-7-9-13(4-2)16(12)17-18(20)14-10-5-6-11-15(14)22-19(17)21/h5-11,20H,3-4H2,1-2H3. The summed E-state index contributed by atoms with van der Waals surface area (Å²) in [5.41, 5.74) is 3.07. The van der Waals surface area contributed by atoms with Crippen LogP contribution in [0.5, 0.6) is 5.75 Å². The minimum atomic E-state index is -0.494. The average molecular weight is 294 g/mol. The van der Waals surface area contributed by atoms with Crippen LogP contribution in [-0.2, 0) is 12.8 Å². The Morgan fingerprint density at radius 3 is 2.18 bits per heavy atom. The van der Waals surface area contributed by atoms with Crippen molar-refractivity contribution in [3.63, 3.8) is 0 Å². The van der Waals surface area contributed by atoms with E-state index in [1.165, 1.54) is 0 Å². The quantitative estimate of drug-likeness (QED) is 0.733. The van der Waals surface area contributed by atoms with Gasteiger partial charge in [0.05, 0.1) is 5.39 Å². The van der Waals surface area contributed by atoms with Crippen LogP contribution in [0.2, 0.25) is 0 Å². The van der Waals surface area contributed by atoms with Crippen molar-refractivity contribution in [2.45, 2.75) is 26.7 Å². The maximum atomic E-state index is 12.5. The smallest absolute Gasteiger partial charge is 0.348 e. The lowest BCUT2D eigenvalue weighted by Crippen LogP contribution is -2.07. The Bertz CT molecular complexity index is 869. The minimum absolute atomic E-state index is 0.00227. The first-order chi connectivity index (χ1) is 10.7. The monoisotopic (exact) mass is 294 g/mol. The van der Waals surface area contributed by atoms with E-state index in [0.717, 1.165) is 29.5 Å². The van der Waals surface area contributed by atoms with Crippen molar-refractivity contribution in [2.75, 3.05) is 0 Å². The van der Waals surface area contributed by atoms with E-state index in [9.17, 15) is 9.90 Å². The first kappa shape index (κ1) is 14.4. The third-order valence-corrected chi connectivity index (χ3v) is 4.03. The summed E-state index contributed by atoms with van der Waals surface area (Å²) in [6.45, 7) is 4.08. The van der Waals surface area contributed by atoms with E-state index < -0.39 is 5.63 Å². The van der Waals surface area contributed by atoms with Crippen molar-refractivity contribution in [1.82, 2.24) is 0 Å². The zero-order valence-corrected chi connectivity index (χ0v) is 12.7. The van der Waals surface area contributed by atoms with Crippen LogP contribution in [0.25, 0.3) is 22.1 Å². The number of hydrogen-bond acceptors (Lipinski definition) is 3. The highest BCUT2D eigenvalue weighted by atomic mass is 16.4. The van der Waals surface area contributed by atoms with Crippen LogP contribution in [0.4, 0.5) is 0 Å². The summed E-state index contributed by atoms with van der Waals surface area (Å²) < 4.78 is 5.41. The lowest BCUT2D eigenvalue weighted by atomic mass is 9.91. The summed E-state index contributed by atoms with van der Waals surface area (Å²) in [6.07, 6.45) is 1.57. The summed E-state index contributed by atoms with van der Waals surface area (Å²) in [4.78, 5) is 12.5. The number of fused-ring (bicyclic) bond motifs is 1. The molecule has 0 amide bonds. The number of aromatic hydroxyl groups is 1. The number of para-hydroxylation sites is 1. The van der Waals surface area contributed by atoms with Gasteiger partial charge in [0.15, 0.2) is 0 Å².